The summed E-state index contributed by atoms with van der Waals surface area (Å²) in [4.78, 5) is 10.3. The molecule has 1 aromatic rings. The van der Waals surface area contributed by atoms with Gasteiger partial charge in [-0.1, -0.05) is 19.1 Å². The average molecular weight is 273 g/mol. The van der Waals surface area contributed by atoms with Gasteiger partial charge in [0, 0.05) is 12.2 Å². The summed E-state index contributed by atoms with van der Waals surface area (Å²) in [5.41, 5.74) is 0.340. The maximum atomic E-state index is 12.0. The lowest BCUT2D eigenvalue weighted by atomic mass is 10.2. The van der Waals surface area contributed by atoms with E-state index in [1.54, 1.807) is 32.0 Å². The first-order chi connectivity index (χ1) is 8.52. The summed E-state index contributed by atoms with van der Waals surface area (Å²) in [6.45, 7) is 3.59. The van der Waals surface area contributed by atoms with Gasteiger partial charge in [-0.15, -0.1) is 0 Å². The minimum atomic E-state index is -3.14. The van der Waals surface area contributed by atoms with E-state index in [1.165, 1.54) is 6.07 Å². The van der Waals surface area contributed by atoms with Crippen LogP contribution in [0, 0.1) is 10.1 Å². The summed E-state index contributed by atoms with van der Waals surface area (Å²) >= 11 is 0. The van der Waals surface area contributed by atoms with Gasteiger partial charge in [-0.25, -0.2) is 0 Å². The maximum Gasteiger partial charge on any atom is 0.330 e. The maximum absolute atomic E-state index is 12.0. The summed E-state index contributed by atoms with van der Waals surface area (Å²) in [5.74, 6) is 0. The molecule has 0 spiro atoms. The van der Waals surface area contributed by atoms with Gasteiger partial charge in [-0.2, -0.15) is 0 Å². The highest BCUT2D eigenvalue weighted by atomic mass is 31.2. The van der Waals surface area contributed by atoms with Crippen molar-refractivity contribution in [3.63, 3.8) is 0 Å². The van der Waals surface area contributed by atoms with Crippen molar-refractivity contribution in [3.05, 3.63) is 39.9 Å². The summed E-state index contributed by atoms with van der Waals surface area (Å²) < 4.78 is 22.3. The predicted octanol–water partition coefficient (Wildman–Crippen LogP) is 3.36. The van der Waals surface area contributed by atoms with Crippen LogP contribution in [0.25, 0.3) is 0 Å². The van der Waals surface area contributed by atoms with Crippen LogP contribution < -0.4 is 0 Å². The quantitative estimate of drug-likeness (QED) is 0.432. The van der Waals surface area contributed by atoms with Crippen LogP contribution in [0.2, 0.25) is 0 Å². The van der Waals surface area contributed by atoms with Crippen LogP contribution in [0.5, 0.6) is 0 Å². The standard InChI is InChI=1S/C11H16NO5P/c1-3-16-18(15,4-2)17-9-10-7-5-6-8-11(10)12(13)14/h5-8H,3-4,9H2,1-2H3. The number of para-hydroxylation sites is 1. The summed E-state index contributed by atoms with van der Waals surface area (Å²) in [6.07, 6.45) is 0.238. The van der Waals surface area contributed by atoms with Crippen molar-refractivity contribution in [1.29, 1.82) is 0 Å². The molecule has 0 bridgehead atoms. The highest BCUT2D eigenvalue weighted by Gasteiger charge is 2.23. The zero-order valence-corrected chi connectivity index (χ0v) is 11.3. The van der Waals surface area contributed by atoms with Gasteiger partial charge in [0.25, 0.3) is 5.69 Å². The van der Waals surface area contributed by atoms with Crippen molar-refractivity contribution in [2.75, 3.05) is 12.8 Å². The van der Waals surface area contributed by atoms with Crippen LogP contribution in [0.1, 0.15) is 19.4 Å². The van der Waals surface area contributed by atoms with Gasteiger partial charge in [-0.3, -0.25) is 14.7 Å². The Kier molecular flexibility index (Phi) is 5.47. The van der Waals surface area contributed by atoms with Gasteiger partial charge in [0.2, 0.25) is 0 Å². The first-order valence-corrected chi connectivity index (χ1v) is 7.35. The third-order valence-electron chi connectivity index (χ3n) is 2.32. The van der Waals surface area contributed by atoms with Crippen molar-refractivity contribution >= 4 is 13.3 Å². The van der Waals surface area contributed by atoms with Gasteiger partial charge in [0.1, 0.15) is 0 Å². The van der Waals surface area contributed by atoms with Crippen molar-refractivity contribution in [1.82, 2.24) is 0 Å². The molecular formula is C11H16NO5P. The molecule has 0 aliphatic heterocycles. The monoisotopic (exact) mass is 273 g/mol. The second-order valence-corrected chi connectivity index (χ2v) is 5.87. The van der Waals surface area contributed by atoms with E-state index in [0.29, 0.717) is 5.56 Å². The van der Waals surface area contributed by atoms with E-state index in [2.05, 4.69) is 0 Å². The Hall–Kier alpha value is -1.23. The summed E-state index contributed by atoms with van der Waals surface area (Å²) in [6, 6.07) is 6.20. The number of benzene rings is 1. The van der Waals surface area contributed by atoms with E-state index in [1.807, 2.05) is 0 Å². The Morgan fingerprint density at radius 2 is 1.94 bits per heavy atom. The molecule has 0 aliphatic carbocycles. The lowest BCUT2D eigenvalue weighted by Crippen LogP contribution is -2.01. The van der Waals surface area contributed by atoms with Crippen molar-refractivity contribution in [3.8, 4) is 0 Å². The van der Waals surface area contributed by atoms with E-state index >= 15 is 0 Å². The van der Waals surface area contributed by atoms with E-state index in [0.717, 1.165) is 0 Å². The minimum absolute atomic E-state index is 0.0448. The fraction of sp³-hybridized carbons (Fsp3) is 0.455. The molecule has 1 rings (SSSR count). The molecule has 0 aliphatic rings. The number of nitrogens with zero attached hydrogens (tertiary/aromatic N) is 1. The lowest BCUT2D eigenvalue weighted by Gasteiger charge is -2.15. The predicted molar refractivity (Wildman–Crippen MR) is 67.7 cm³/mol. The van der Waals surface area contributed by atoms with E-state index in [4.69, 9.17) is 9.05 Å². The highest BCUT2D eigenvalue weighted by molar-refractivity contribution is 7.53. The normalized spacial score (nSPS) is 14.1. The van der Waals surface area contributed by atoms with E-state index in [-0.39, 0.29) is 25.1 Å². The molecule has 0 saturated heterocycles. The fourth-order valence-corrected chi connectivity index (χ4v) is 2.56. The molecule has 1 atom stereocenters. The Bertz CT molecular complexity index is 463. The largest absolute Gasteiger partial charge is 0.330 e. The molecule has 1 aromatic carbocycles. The second kappa shape index (κ2) is 6.64. The number of rotatable bonds is 7. The molecule has 0 heterocycles. The van der Waals surface area contributed by atoms with Gasteiger partial charge in [-0.05, 0) is 13.0 Å². The van der Waals surface area contributed by atoms with Gasteiger partial charge in [0.05, 0.1) is 23.7 Å². The van der Waals surface area contributed by atoms with Crippen molar-refractivity contribution < 1.29 is 18.5 Å². The average Bonchev–Trinajstić information content (AvgIpc) is 2.37. The SMILES string of the molecule is CCOP(=O)(CC)OCc1ccccc1[N+](=O)[O-]. The zero-order valence-electron chi connectivity index (χ0n) is 10.4. The number of nitro benzene ring substituents is 1. The summed E-state index contributed by atoms with van der Waals surface area (Å²) in [5, 5.41) is 10.8. The molecule has 0 N–H and O–H groups in total. The highest BCUT2D eigenvalue weighted by Crippen LogP contribution is 2.48. The first kappa shape index (κ1) is 14.8. The van der Waals surface area contributed by atoms with Crippen LogP contribution in [0.4, 0.5) is 5.69 Å². The Morgan fingerprint density at radius 3 is 2.50 bits per heavy atom. The molecule has 0 aromatic heterocycles. The smallest absolute Gasteiger partial charge is 0.309 e. The molecule has 0 amide bonds. The molecule has 7 heteroatoms. The van der Waals surface area contributed by atoms with Gasteiger partial charge < -0.3 is 9.05 Å². The molecule has 0 fully saturated rings. The number of hydrogen-bond acceptors (Lipinski definition) is 5. The topological polar surface area (TPSA) is 78.7 Å². The van der Waals surface area contributed by atoms with Crippen LogP contribution in [0.3, 0.4) is 0 Å². The first-order valence-electron chi connectivity index (χ1n) is 5.63. The Labute approximate surface area is 106 Å². The van der Waals surface area contributed by atoms with Crippen LogP contribution in [0.15, 0.2) is 24.3 Å². The molecule has 100 valence electrons. The van der Waals surface area contributed by atoms with Gasteiger partial charge in [0.15, 0.2) is 0 Å². The van der Waals surface area contributed by atoms with Crippen LogP contribution in [-0.4, -0.2) is 17.7 Å². The van der Waals surface area contributed by atoms with Crippen LogP contribution >= 0.6 is 7.60 Å². The molecular weight excluding hydrogens is 257 g/mol. The third-order valence-corrected chi connectivity index (χ3v) is 4.27. The molecule has 0 saturated carbocycles. The van der Waals surface area contributed by atoms with E-state index < -0.39 is 12.5 Å². The number of nitro groups is 1. The molecule has 6 nitrogen and oxygen atoms in total. The van der Waals surface area contributed by atoms with E-state index in [9.17, 15) is 14.7 Å². The van der Waals surface area contributed by atoms with Crippen LogP contribution in [-0.2, 0) is 20.2 Å². The minimum Gasteiger partial charge on any atom is -0.309 e. The fourth-order valence-electron chi connectivity index (χ4n) is 1.40. The number of hydrogen-bond donors (Lipinski definition) is 0. The van der Waals surface area contributed by atoms with Gasteiger partial charge >= 0.3 is 7.60 Å². The molecule has 18 heavy (non-hydrogen) atoms. The van der Waals surface area contributed by atoms with Crippen molar-refractivity contribution in [2.24, 2.45) is 0 Å². The second-order valence-electron chi connectivity index (χ2n) is 3.50. The Morgan fingerprint density at radius 1 is 1.28 bits per heavy atom. The summed E-state index contributed by atoms with van der Waals surface area (Å²) in [7, 11) is -3.14. The third kappa shape index (κ3) is 3.91. The lowest BCUT2D eigenvalue weighted by molar-refractivity contribution is -0.385. The molecule has 1 unspecified atom stereocenters. The molecule has 0 radical (unpaired) electrons. The van der Waals surface area contributed by atoms with Crippen molar-refractivity contribution in [2.45, 2.75) is 20.5 Å². The zero-order chi connectivity index (χ0) is 13.6. The Balaban J connectivity index is 2.80.